The van der Waals surface area contributed by atoms with Crippen molar-refractivity contribution in [3.8, 4) is 5.75 Å². The Morgan fingerprint density at radius 2 is 2.17 bits per heavy atom. The van der Waals surface area contributed by atoms with Gasteiger partial charge in [-0.1, -0.05) is 45.0 Å². The number of aryl methyl sites for hydroxylation is 1. The number of amides is 2. The second-order valence-electron chi connectivity index (χ2n) is 7.40. The van der Waals surface area contributed by atoms with E-state index in [9.17, 15) is 4.79 Å². The Balaban J connectivity index is 1.71. The van der Waals surface area contributed by atoms with Crippen molar-refractivity contribution in [3.05, 3.63) is 40.9 Å². The van der Waals surface area contributed by atoms with Gasteiger partial charge >= 0.3 is 12.0 Å². The topological polar surface area (TPSA) is 127 Å². The molecule has 0 unspecified atom stereocenters. The summed E-state index contributed by atoms with van der Waals surface area (Å²) < 4.78 is 10.9. The summed E-state index contributed by atoms with van der Waals surface area (Å²) in [5.74, 6) is 0.892. The van der Waals surface area contributed by atoms with E-state index in [2.05, 4.69) is 66.6 Å². The molecule has 5 N–H and O–H groups in total. The number of ether oxygens (including phenoxy) is 1. The van der Waals surface area contributed by atoms with Gasteiger partial charge in [-0.15, -0.1) is 0 Å². The molecule has 0 radical (unpaired) electrons. The van der Waals surface area contributed by atoms with Crippen molar-refractivity contribution in [2.75, 3.05) is 18.6 Å². The molecule has 2 rings (SSSR count). The van der Waals surface area contributed by atoms with E-state index in [0.717, 1.165) is 23.9 Å². The molecular formula is C20H30N6O3S. The lowest BCUT2D eigenvalue weighted by Gasteiger charge is -2.26. The molecule has 1 heterocycles. The number of benzene rings is 1. The van der Waals surface area contributed by atoms with Gasteiger partial charge < -0.3 is 20.3 Å². The van der Waals surface area contributed by atoms with Gasteiger partial charge in [-0.3, -0.25) is 0 Å². The zero-order chi connectivity index (χ0) is 22.1. The molecule has 0 saturated heterocycles. The van der Waals surface area contributed by atoms with E-state index in [1.807, 2.05) is 12.1 Å². The highest BCUT2D eigenvalue weighted by Gasteiger charge is 2.22. The molecule has 164 valence electrons. The summed E-state index contributed by atoms with van der Waals surface area (Å²) in [6, 6.07) is 5.87. The third-order valence-electron chi connectivity index (χ3n) is 4.53. The van der Waals surface area contributed by atoms with Crippen LogP contribution in [0.5, 0.6) is 5.75 Å². The second kappa shape index (κ2) is 10.8. The maximum absolute atomic E-state index is 11.8. The first-order valence-corrected chi connectivity index (χ1v) is 10.5. The van der Waals surface area contributed by atoms with Crippen LogP contribution < -0.4 is 26.6 Å². The zero-order valence-electron chi connectivity index (χ0n) is 17.9. The van der Waals surface area contributed by atoms with Crippen molar-refractivity contribution in [2.24, 2.45) is 5.73 Å². The lowest BCUT2D eigenvalue weighted by molar-refractivity contribution is 0.240. The second-order valence-corrected chi connectivity index (χ2v) is 8.49. The summed E-state index contributed by atoms with van der Waals surface area (Å²) in [4.78, 5) is 15.8. The fourth-order valence-electron chi connectivity index (χ4n) is 2.52. The predicted octanol–water partition coefficient (Wildman–Crippen LogP) is 3.68. The van der Waals surface area contributed by atoms with Crippen LogP contribution in [0, 0.1) is 6.92 Å². The van der Waals surface area contributed by atoms with Gasteiger partial charge in [0.2, 0.25) is 5.16 Å². The van der Waals surface area contributed by atoms with Crippen LogP contribution in [-0.2, 0) is 5.41 Å². The Morgan fingerprint density at radius 3 is 2.87 bits per heavy atom. The molecule has 10 heteroatoms. The quantitative estimate of drug-likeness (QED) is 0.240. The Labute approximate surface area is 181 Å². The zero-order valence-corrected chi connectivity index (χ0v) is 18.7. The summed E-state index contributed by atoms with van der Waals surface area (Å²) in [5.41, 5.74) is 12.8. The normalized spacial score (nSPS) is 11.1. The van der Waals surface area contributed by atoms with Crippen molar-refractivity contribution in [3.63, 3.8) is 0 Å². The first-order valence-electron chi connectivity index (χ1n) is 9.71. The fourth-order valence-corrected chi connectivity index (χ4v) is 2.96. The highest BCUT2D eigenvalue weighted by Crippen LogP contribution is 2.34. The van der Waals surface area contributed by atoms with Gasteiger partial charge in [-0.2, -0.15) is 4.98 Å². The number of nitrogens with zero attached hydrogens (tertiary/aromatic N) is 2. The molecule has 0 atom stereocenters. The number of nitrogens with one attached hydrogen (secondary N) is 3. The van der Waals surface area contributed by atoms with Crippen LogP contribution >= 0.6 is 11.8 Å². The monoisotopic (exact) mass is 434 g/mol. The van der Waals surface area contributed by atoms with Crippen molar-refractivity contribution in [1.82, 2.24) is 20.9 Å². The molecule has 0 bridgehead atoms. The lowest BCUT2D eigenvalue weighted by Crippen LogP contribution is -2.39. The predicted molar refractivity (Wildman–Crippen MR) is 118 cm³/mol. The van der Waals surface area contributed by atoms with E-state index in [1.165, 1.54) is 11.1 Å². The number of nitrogens with two attached hydrogens (primary N) is 1. The molecule has 0 spiro atoms. The molecule has 30 heavy (non-hydrogen) atoms. The van der Waals surface area contributed by atoms with Crippen LogP contribution in [-0.4, -0.2) is 29.3 Å². The van der Waals surface area contributed by atoms with E-state index < -0.39 is 6.03 Å². The number of hydrazine groups is 1. The average molecular weight is 435 g/mol. The van der Waals surface area contributed by atoms with E-state index >= 15 is 0 Å². The van der Waals surface area contributed by atoms with E-state index in [1.54, 1.807) is 0 Å². The lowest BCUT2D eigenvalue weighted by atomic mass is 9.81. The van der Waals surface area contributed by atoms with E-state index in [4.69, 9.17) is 15.0 Å². The minimum atomic E-state index is -0.422. The molecule has 1 aromatic heterocycles. The number of rotatable bonds is 11. The summed E-state index contributed by atoms with van der Waals surface area (Å²) in [6.07, 6.45) is 1.68. The molecule has 2 aromatic rings. The standard InChI is InChI=1S/C20H30N6O3S/c1-6-20(4,5)15-12-13(2)8-9-16(15)28-11-7-10-22-17(27)24-25-18-23-19(26-29-18)30-14(3)21/h8-9,12H,3,6-7,10-11,21H2,1-2,4-5H3,(H2,22,24,27)(H,23,25,26). The van der Waals surface area contributed by atoms with Gasteiger partial charge in [0.05, 0.1) is 11.6 Å². The van der Waals surface area contributed by atoms with Gasteiger partial charge in [-0.25, -0.2) is 15.6 Å². The van der Waals surface area contributed by atoms with E-state index in [-0.39, 0.29) is 11.4 Å². The summed E-state index contributed by atoms with van der Waals surface area (Å²) >= 11 is 1.06. The number of anilines is 1. The summed E-state index contributed by atoms with van der Waals surface area (Å²) in [6.45, 7) is 13.2. The molecule has 2 amide bonds. The summed E-state index contributed by atoms with van der Waals surface area (Å²) in [5, 5.41) is 7.03. The summed E-state index contributed by atoms with van der Waals surface area (Å²) in [7, 11) is 0. The third kappa shape index (κ3) is 7.18. The number of urea groups is 1. The van der Waals surface area contributed by atoms with Crippen molar-refractivity contribution >= 4 is 23.8 Å². The molecule has 0 saturated carbocycles. The van der Waals surface area contributed by atoms with Crippen LogP contribution in [0.25, 0.3) is 0 Å². The fraction of sp³-hybridized carbons (Fsp3) is 0.450. The molecule has 0 aliphatic carbocycles. The molecular weight excluding hydrogens is 404 g/mol. The van der Waals surface area contributed by atoms with Crippen LogP contribution in [0.1, 0.15) is 44.7 Å². The third-order valence-corrected chi connectivity index (χ3v) is 5.14. The molecule has 1 aromatic carbocycles. The van der Waals surface area contributed by atoms with Gasteiger partial charge in [0.25, 0.3) is 0 Å². The molecule has 9 nitrogen and oxygen atoms in total. The SMILES string of the molecule is C=C(N)Sc1noc(NNC(=O)NCCCOc2ccc(C)cc2C(C)(C)CC)n1. The first kappa shape index (κ1) is 23.4. The van der Waals surface area contributed by atoms with Crippen LogP contribution in [0.3, 0.4) is 0 Å². The Kier molecular flexibility index (Phi) is 8.40. The highest BCUT2D eigenvalue weighted by atomic mass is 32.2. The molecule has 0 aliphatic heterocycles. The minimum Gasteiger partial charge on any atom is -0.493 e. The Bertz CT molecular complexity index is 868. The van der Waals surface area contributed by atoms with Crippen LogP contribution in [0.4, 0.5) is 10.8 Å². The maximum atomic E-state index is 11.8. The van der Waals surface area contributed by atoms with Crippen LogP contribution in [0.15, 0.2) is 39.5 Å². The highest BCUT2D eigenvalue weighted by molar-refractivity contribution is 8.02. The Hall–Kier alpha value is -2.88. The maximum Gasteiger partial charge on any atom is 0.340 e. The van der Waals surface area contributed by atoms with Crippen LogP contribution in [0.2, 0.25) is 0 Å². The number of hydrogen-bond donors (Lipinski definition) is 4. The number of carbonyl (C=O) groups excluding carboxylic acids is 1. The number of carbonyl (C=O) groups is 1. The minimum absolute atomic E-state index is 0.0374. The number of hydrogen-bond acceptors (Lipinski definition) is 8. The molecule has 0 aliphatic rings. The van der Waals surface area contributed by atoms with Gasteiger partial charge in [0.1, 0.15) is 5.75 Å². The van der Waals surface area contributed by atoms with Crippen molar-refractivity contribution < 1.29 is 14.1 Å². The molecule has 0 fully saturated rings. The average Bonchev–Trinajstić information content (AvgIpc) is 3.13. The largest absolute Gasteiger partial charge is 0.493 e. The Morgan fingerprint density at radius 1 is 1.40 bits per heavy atom. The van der Waals surface area contributed by atoms with Crippen molar-refractivity contribution in [2.45, 2.75) is 51.1 Å². The first-order chi connectivity index (χ1) is 14.2. The number of aromatic nitrogens is 2. The van der Waals surface area contributed by atoms with Gasteiger partial charge in [0, 0.05) is 6.54 Å². The van der Waals surface area contributed by atoms with Crippen molar-refractivity contribution in [1.29, 1.82) is 0 Å². The van der Waals surface area contributed by atoms with E-state index in [0.29, 0.717) is 29.8 Å². The van der Waals surface area contributed by atoms with Gasteiger partial charge in [-0.05, 0) is 53.7 Å². The van der Waals surface area contributed by atoms with Gasteiger partial charge in [0.15, 0.2) is 0 Å². The number of thioether (sulfide) groups is 1. The smallest absolute Gasteiger partial charge is 0.340 e.